The lowest BCUT2D eigenvalue weighted by Crippen LogP contribution is -2.47. The summed E-state index contributed by atoms with van der Waals surface area (Å²) >= 11 is 1.23. The van der Waals surface area contributed by atoms with Crippen molar-refractivity contribution < 1.29 is 18.0 Å². The SMILES string of the molecule is CC(Sc1ccc(S(=O)(=O)N2CCN(C)CC2)cn1)C(=O)N1CC(=O)Nc2ccccc21. The highest BCUT2D eigenvalue weighted by atomic mass is 32.2. The third-order valence-corrected chi connectivity index (χ3v) is 8.41. The molecule has 1 N–H and O–H groups in total. The normalized spacial score (nSPS) is 18.7. The van der Waals surface area contributed by atoms with E-state index in [1.54, 1.807) is 31.2 Å². The number of piperazine rings is 1. The van der Waals surface area contributed by atoms with Crippen molar-refractivity contribution in [3.05, 3.63) is 42.6 Å². The number of likely N-dealkylation sites (N-methyl/N-ethyl adjacent to an activating group) is 1. The first kappa shape index (κ1) is 22.7. The predicted molar refractivity (Wildman–Crippen MR) is 123 cm³/mol. The smallest absolute Gasteiger partial charge is 0.244 e. The molecule has 0 radical (unpaired) electrons. The topological polar surface area (TPSA) is 103 Å². The number of thioether (sulfide) groups is 1. The third kappa shape index (κ3) is 4.65. The van der Waals surface area contributed by atoms with E-state index in [1.165, 1.54) is 33.2 Å². The van der Waals surface area contributed by atoms with Crippen molar-refractivity contribution in [3.63, 3.8) is 0 Å². The van der Waals surface area contributed by atoms with Crippen LogP contribution < -0.4 is 10.2 Å². The van der Waals surface area contributed by atoms with Crippen LogP contribution in [0, 0.1) is 0 Å². The van der Waals surface area contributed by atoms with Crippen LogP contribution in [0.2, 0.25) is 0 Å². The molecule has 3 heterocycles. The summed E-state index contributed by atoms with van der Waals surface area (Å²) in [5, 5.41) is 2.79. The summed E-state index contributed by atoms with van der Waals surface area (Å²) in [4.78, 5) is 33.1. The summed E-state index contributed by atoms with van der Waals surface area (Å²) in [6.07, 6.45) is 1.34. The summed E-state index contributed by atoms with van der Waals surface area (Å²) in [5.74, 6) is -0.459. The summed E-state index contributed by atoms with van der Waals surface area (Å²) in [5.41, 5.74) is 1.26. The Morgan fingerprint density at radius 1 is 1.12 bits per heavy atom. The highest BCUT2D eigenvalue weighted by Gasteiger charge is 2.31. The number of nitrogens with one attached hydrogen (secondary N) is 1. The second-order valence-electron chi connectivity index (χ2n) is 7.79. The van der Waals surface area contributed by atoms with E-state index in [1.807, 2.05) is 13.1 Å². The zero-order valence-corrected chi connectivity index (χ0v) is 19.5. The van der Waals surface area contributed by atoms with Gasteiger partial charge in [0.05, 0.1) is 21.7 Å². The number of nitrogens with zero attached hydrogens (tertiary/aromatic N) is 4. The molecule has 2 amide bonds. The van der Waals surface area contributed by atoms with E-state index in [-0.39, 0.29) is 23.3 Å². The maximum Gasteiger partial charge on any atom is 0.244 e. The molecule has 0 spiro atoms. The van der Waals surface area contributed by atoms with Gasteiger partial charge >= 0.3 is 0 Å². The first-order valence-electron chi connectivity index (χ1n) is 10.3. The number of para-hydroxylation sites is 2. The number of benzene rings is 1. The molecule has 2 aromatic rings. The summed E-state index contributed by atoms with van der Waals surface area (Å²) < 4.78 is 27.2. The fourth-order valence-corrected chi connectivity index (χ4v) is 5.87. The maximum absolute atomic E-state index is 13.1. The molecule has 1 unspecified atom stereocenters. The van der Waals surface area contributed by atoms with Gasteiger partial charge in [-0.2, -0.15) is 4.31 Å². The van der Waals surface area contributed by atoms with Crippen molar-refractivity contribution in [1.29, 1.82) is 0 Å². The lowest BCUT2D eigenvalue weighted by molar-refractivity contribution is -0.121. The molecule has 4 rings (SSSR count). The standard InChI is InChI=1S/C21H25N5O4S2/c1-15(21(28)26-14-19(27)23-17-5-3-4-6-18(17)26)31-20-8-7-16(13-22-20)32(29,30)25-11-9-24(2)10-12-25/h3-8,13,15H,9-12,14H2,1-2H3,(H,23,27). The lowest BCUT2D eigenvalue weighted by Gasteiger charge is -2.31. The molecule has 0 bridgehead atoms. The number of amides is 2. The minimum atomic E-state index is -3.59. The molecule has 0 saturated carbocycles. The Bertz CT molecular complexity index is 1120. The van der Waals surface area contributed by atoms with Crippen molar-refractivity contribution in [2.45, 2.75) is 22.1 Å². The first-order chi connectivity index (χ1) is 15.3. The van der Waals surface area contributed by atoms with E-state index in [4.69, 9.17) is 0 Å². The average Bonchev–Trinajstić information content (AvgIpc) is 2.78. The van der Waals surface area contributed by atoms with Crippen LogP contribution in [-0.4, -0.2) is 79.4 Å². The zero-order valence-electron chi connectivity index (χ0n) is 17.9. The van der Waals surface area contributed by atoms with Crippen molar-refractivity contribution in [2.75, 3.05) is 50.0 Å². The van der Waals surface area contributed by atoms with E-state index < -0.39 is 15.3 Å². The molecular formula is C21H25N5O4S2. The molecule has 170 valence electrons. The van der Waals surface area contributed by atoms with Gasteiger partial charge in [-0.05, 0) is 38.2 Å². The number of aromatic nitrogens is 1. The zero-order chi connectivity index (χ0) is 22.9. The lowest BCUT2D eigenvalue weighted by atomic mass is 10.2. The number of fused-ring (bicyclic) bond motifs is 1. The number of carbonyl (C=O) groups excluding carboxylic acids is 2. The van der Waals surface area contributed by atoms with Gasteiger partial charge in [0.25, 0.3) is 0 Å². The number of rotatable bonds is 5. The Balaban J connectivity index is 1.45. The number of pyridine rings is 1. The van der Waals surface area contributed by atoms with Crippen LogP contribution >= 0.6 is 11.8 Å². The van der Waals surface area contributed by atoms with Gasteiger partial charge < -0.3 is 10.2 Å². The van der Waals surface area contributed by atoms with Gasteiger partial charge in [0.2, 0.25) is 21.8 Å². The fourth-order valence-electron chi connectivity index (χ4n) is 3.65. The quantitative estimate of drug-likeness (QED) is 0.654. The Hall–Kier alpha value is -2.47. The van der Waals surface area contributed by atoms with Crippen molar-refractivity contribution in [2.24, 2.45) is 0 Å². The van der Waals surface area contributed by atoms with Gasteiger partial charge in [-0.15, -0.1) is 0 Å². The maximum atomic E-state index is 13.1. The van der Waals surface area contributed by atoms with Gasteiger partial charge in [0.1, 0.15) is 11.4 Å². The molecule has 2 aliphatic heterocycles. The molecule has 11 heteroatoms. The van der Waals surface area contributed by atoms with E-state index in [9.17, 15) is 18.0 Å². The largest absolute Gasteiger partial charge is 0.323 e. The van der Waals surface area contributed by atoms with Crippen molar-refractivity contribution in [3.8, 4) is 0 Å². The van der Waals surface area contributed by atoms with Crippen LogP contribution in [0.4, 0.5) is 11.4 Å². The molecule has 0 aliphatic carbocycles. The van der Waals surface area contributed by atoms with Crippen LogP contribution in [0.3, 0.4) is 0 Å². The Labute approximate surface area is 191 Å². The molecule has 1 atom stereocenters. The second kappa shape index (κ2) is 9.18. The second-order valence-corrected chi connectivity index (χ2v) is 11.1. The van der Waals surface area contributed by atoms with Crippen LogP contribution in [0.1, 0.15) is 6.92 Å². The molecule has 1 aromatic heterocycles. The minimum Gasteiger partial charge on any atom is -0.323 e. The molecular weight excluding hydrogens is 450 g/mol. The number of hydrogen-bond donors (Lipinski definition) is 1. The summed E-state index contributed by atoms with van der Waals surface area (Å²) in [6, 6.07) is 10.3. The monoisotopic (exact) mass is 475 g/mol. The van der Waals surface area contributed by atoms with Gasteiger partial charge in [-0.3, -0.25) is 14.5 Å². The van der Waals surface area contributed by atoms with E-state index in [0.29, 0.717) is 42.6 Å². The van der Waals surface area contributed by atoms with Crippen LogP contribution in [0.25, 0.3) is 0 Å². The minimum absolute atomic E-state index is 0.0453. The predicted octanol–water partition coefficient (Wildman–Crippen LogP) is 1.48. The highest BCUT2D eigenvalue weighted by molar-refractivity contribution is 8.00. The van der Waals surface area contributed by atoms with Crippen LogP contribution in [0.5, 0.6) is 0 Å². The van der Waals surface area contributed by atoms with Gasteiger partial charge in [-0.25, -0.2) is 13.4 Å². The van der Waals surface area contributed by atoms with Crippen LogP contribution in [-0.2, 0) is 19.6 Å². The van der Waals surface area contributed by atoms with E-state index in [0.717, 1.165) is 0 Å². The first-order valence-corrected chi connectivity index (χ1v) is 12.6. The van der Waals surface area contributed by atoms with Crippen molar-refractivity contribution >= 4 is 45.0 Å². The summed E-state index contributed by atoms with van der Waals surface area (Å²) in [7, 11) is -1.62. The Morgan fingerprint density at radius 2 is 1.84 bits per heavy atom. The number of sulfonamides is 1. The molecule has 1 aromatic carbocycles. The average molecular weight is 476 g/mol. The van der Waals surface area contributed by atoms with Crippen molar-refractivity contribution in [1.82, 2.24) is 14.2 Å². The highest BCUT2D eigenvalue weighted by Crippen LogP contribution is 2.32. The number of hydrogen-bond acceptors (Lipinski definition) is 7. The fraction of sp³-hybridized carbons (Fsp3) is 0.381. The van der Waals surface area contributed by atoms with Crippen LogP contribution in [0.15, 0.2) is 52.5 Å². The number of carbonyl (C=O) groups is 2. The van der Waals surface area contributed by atoms with Gasteiger partial charge in [-0.1, -0.05) is 23.9 Å². The molecule has 32 heavy (non-hydrogen) atoms. The Kier molecular flexibility index (Phi) is 6.52. The van der Waals surface area contributed by atoms with E-state index in [2.05, 4.69) is 15.2 Å². The number of anilines is 2. The van der Waals surface area contributed by atoms with Gasteiger partial charge in [0.15, 0.2) is 0 Å². The molecule has 2 aliphatic rings. The Morgan fingerprint density at radius 3 is 2.53 bits per heavy atom. The molecule has 9 nitrogen and oxygen atoms in total. The molecule has 1 fully saturated rings. The summed E-state index contributed by atoms with van der Waals surface area (Å²) in [6.45, 7) is 3.99. The molecule has 1 saturated heterocycles. The van der Waals surface area contributed by atoms with E-state index >= 15 is 0 Å². The third-order valence-electron chi connectivity index (χ3n) is 5.49. The van der Waals surface area contributed by atoms with Gasteiger partial charge in [0, 0.05) is 32.4 Å².